The van der Waals surface area contributed by atoms with Crippen molar-refractivity contribution in [3.05, 3.63) is 39.8 Å². The molecule has 0 radical (unpaired) electrons. The van der Waals surface area contributed by atoms with Crippen molar-refractivity contribution in [2.45, 2.75) is 45.2 Å². The molecule has 1 unspecified atom stereocenters. The average molecular weight is 359 g/mol. The number of aromatic nitrogens is 2. The van der Waals surface area contributed by atoms with Crippen molar-refractivity contribution in [2.75, 3.05) is 19.8 Å². The van der Waals surface area contributed by atoms with Crippen molar-refractivity contribution in [1.29, 1.82) is 0 Å². The Hall–Kier alpha value is -1.66. The van der Waals surface area contributed by atoms with Crippen molar-refractivity contribution < 1.29 is 9.53 Å². The Labute approximate surface area is 152 Å². The third kappa shape index (κ3) is 3.65. The van der Waals surface area contributed by atoms with E-state index in [-0.39, 0.29) is 11.9 Å². The van der Waals surface area contributed by atoms with Gasteiger partial charge in [-0.1, -0.05) is 0 Å². The van der Waals surface area contributed by atoms with Gasteiger partial charge in [0.2, 0.25) is 5.91 Å². The molecule has 4 rings (SSSR count). The van der Waals surface area contributed by atoms with Crippen LogP contribution in [0.1, 0.15) is 42.6 Å². The average Bonchev–Trinajstić information content (AvgIpc) is 3.12. The van der Waals surface area contributed by atoms with Crippen LogP contribution in [0.3, 0.4) is 0 Å². The Balaban J connectivity index is 1.54. The fourth-order valence-corrected chi connectivity index (χ4v) is 4.24. The fourth-order valence-electron chi connectivity index (χ4n) is 3.58. The number of hydrogen-bond donors (Lipinski definition) is 0. The molecule has 3 heterocycles. The number of aryl methyl sites for hydroxylation is 1. The lowest BCUT2D eigenvalue weighted by atomic mass is 9.99. The van der Waals surface area contributed by atoms with Crippen LogP contribution in [-0.4, -0.2) is 40.3 Å². The lowest BCUT2D eigenvalue weighted by molar-refractivity contribution is -0.135. The first-order valence-electron chi connectivity index (χ1n) is 9.19. The number of thiophene rings is 1. The molecule has 134 valence electrons. The number of rotatable bonds is 7. The van der Waals surface area contributed by atoms with Crippen molar-refractivity contribution >= 4 is 17.2 Å². The third-order valence-corrected chi connectivity index (χ3v) is 5.89. The van der Waals surface area contributed by atoms with E-state index in [2.05, 4.69) is 17.4 Å². The van der Waals surface area contributed by atoms with Gasteiger partial charge in [-0.2, -0.15) is 16.4 Å². The topological polar surface area (TPSA) is 47.4 Å². The van der Waals surface area contributed by atoms with Crippen LogP contribution in [0.2, 0.25) is 0 Å². The van der Waals surface area contributed by atoms with Gasteiger partial charge in [0.25, 0.3) is 0 Å². The first-order chi connectivity index (χ1) is 12.3. The zero-order chi connectivity index (χ0) is 17.2. The molecule has 1 aliphatic carbocycles. The second-order valence-corrected chi connectivity index (χ2v) is 7.79. The first kappa shape index (κ1) is 16.8. The maximum atomic E-state index is 13.0. The summed E-state index contributed by atoms with van der Waals surface area (Å²) in [6, 6.07) is 2.02. The lowest BCUT2D eigenvalue weighted by Crippen LogP contribution is -2.43. The number of carbonyl (C=O) groups is 1. The molecule has 1 atom stereocenters. The van der Waals surface area contributed by atoms with Crippen LogP contribution in [-0.2, 0) is 28.9 Å². The van der Waals surface area contributed by atoms with Crippen molar-refractivity contribution in [1.82, 2.24) is 14.7 Å². The normalized spacial score (nSPS) is 19.9. The van der Waals surface area contributed by atoms with Crippen LogP contribution in [0.25, 0.3) is 0 Å². The molecule has 0 N–H and O–H groups in total. The van der Waals surface area contributed by atoms with Gasteiger partial charge >= 0.3 is 0 Å². The van der Waals surface area contributed by atoms with Gasteiger partial charge in [0.1, 0.15) is 0 Å². The maximum absolute atomic E-state index is 13.0. The van der Waals surface area contributed by atoms with Gasteiger partial charge in [0.05, 0.1) is 31.0 Å². The summed E-state index contributed by atoms with van der Waals surface area (Å²) in [6.45, 7) is 5.06. The van der Waals surface area contributed by atoms with Crippen molar-refractivity contribution in [3.63, 3.8) is 0 Å². The summed E-state index contributed by atoms with van der Waals surface area (Å²) < 4.78 is 8.04. The molecule has 5 nitrogen and oxygen atoms in total. The summed E-state index contributed by atoms with van der Waals surface area (Å²) in [5.41, 5.74) is 3.53. The van der Waals surface area contributed by atoms with Crippen molar-refractivity contribution in [2.24, 2.45) is 5.92 Å². The minimum Gasteiger partial charge on any atom is -0.379 e. The summed E-state index contributed by atoms with van der Waals surface area (Å²) in [4.78, 5) is 15.0. The van der Waals surface area contributed by atoms with E-state index in [9.17, 15) is 4.79 Å². The molecule has 0 saturated heterocycles. The number of fused-ring (bicyclic) bond motifs is 1. The van der Waals surface area contributed by atoms with E-state index in [0.29, 0.717) is 13.0 Å². The molecule has 25 heavy (non-hydrogen) atoms. The van der Waals surface area contributed by atoms with Gasteiger partial charge in [-0.3, -0.25) is 9.48 Å². The van der Waals surface area contributed by atoms with Gasteiger partial charge in [0.15, 0.2) is 0 Å². The van der Waals surface area contributed by atoms with Gasteiger partial charge < -0.3 is 9.64 Å². The summed E-state index contributed by atoms with van der Waals surface area (Å²) >= 11 is 1.64. The molecule has 6 heteroatoms. The smallest absolute Gasteiger partial charge is 0.227 e. The van der Waals surface area contributed by atoms with Gasteiger partial charge in [-0.15, -0.1) is 0 Å². The molecule has 1 aliphatic heterocycles. The molecule has 1 amide bonds. The fraction of sp³-hybridized carbons (Fsp3) is 0.579. The van der Waals surface area contributed by atoms with Crippen LogP contribution in [0.4, 0.5) is 0 Å². The van der Waals surface area contributed by atoms with Crippen LogP contribution < -0.4 is 0 Å². The van der Waals surface area contributed by atoms with E-state index in [1.165, 1.54) is 24.1 Å². The van der Waals surface area contributed by atoms with Gasteiger partial charge in [-0.25, -0.2) is 0 Å². The molecule has 1 saturated carbocycles. The standard InChI is InChI=1S/C19H25N3O2S/c1-2-22-19-16(10-20-22)5-7-21(17(19)12-24-11-14-3-4-14)18(23)9-15-6-8-25-13-15/h6,8,10,13-14,17H,2-5,7,9,11-12H2,1H3. The molecule has 2 aromatic rings. The van der Waals surface area contributed by atoms with E-state index in [1.54, 1.807) is 11.3 Å². The molecule has 0 spiro atoms. The van der Waals surface area contributed by atoms with Crippen LogP contribution in [0.5, 0.6) is 0 Å². The highest BCUT2D eigenvalue weighted by Crippen LogP contribution is 2.33. The van der Waals surface area contributed by atoms with E-state index in [4.69, 9.17) is 4.74 Å². The monoisotopic (exact) mass is 359 g/mol. The van der Waals surface area contributed by atoms with Gasteiger partial charge in [-0.05, 0) is 60.1 Å². The second-order valence-electron chi connectivity index (χ2n) is 7.01. The number of hydrogen-bond acceptors (Lipinski definition) is 4. The molecular weight excluding hydrogens is 334 g/mol. The zero-order valence-corrected chi connectivity index (χ0v) is 15.5. The van der Waals surface area contributed by atoms with Crippen LogP contribution in [0, 0.1) is 5.92 Å². The summed E-state index contributed by atoms with van der Waals surface area (Å²) in [5.74, 6) is 0.919. The minimum atomic E-state index is -0.0175. The molecule has 1 fully saturated rings. The second kappa shape index (κ2) is 7.30. The Morgan fingerprint density at radius 3 is 3.00 bits per heavy atom. The Kier molecular flexibility index (Phi) is 4.90. The maximum Gasteiger partial charge on any atom is 0.227 e. The predicted octanol–water partition coefficient (Wildman–Crippen LogP) is 3.06. The third-order valence-electron chi connectivity index (χ3n) is 5.16. The van der Waals surface area contributed by atoms with E-state index in [0.717, 1.165) is 37.6 Å². The summed E-state index contributed by atoms with van der Waals surface area (Å²) in [7, 11) is 0. The lowest BCUT2D eigenvalue weighted by Gasteiger charge is -2.36. The largest absolute Gasteiger partial charge is 0.379 e. The molecular formula is C19H25N3O2S. The number of ether oxygens (including phenoxy) is 1. The highest BCUT2D eigenvalue weighted by molar-refractivity contribution is 7.08. The highest BCUT2D eigenvalue weighted by Gasteiger charge is 2.34. The Morgan fingerprint density at radius 2 is 2.28 bits per heavy atom. The molecule has 2 aliphatic rings. The number of carbonyl (C=O) groups excluding carboxylic acids is 1. The zero-order valence-electron chi connectivity index (χ0n) is 14.7. The highest BCUT2D eigenvalue weighted by atomic mass is 32.1. The van der Waals surface area contributed by atoms with E-state index in [1.807, 2.05) is 27.2 Å². The SMILES string of the molecule is CCn1ncc2c1C(COCC1CC1)N(C(=O)Cc1ccsc1)CC2. The molecule has 0 aromatic carbocycles. The summed E-state index contributed by atoms with van der Waals surface area (Å²) in [6.07, 6.45) is 5.88. The Bertz CT molecular complexity index is 708. The van der Waals surface area contributed by atoms with E-state index >= 15 is 0 Å². The van der Waals surface area contributed by atoms with E-state index < -0.39 is 0 Å². The number of amides is 1. The number of nitrogens with zero attached hydrogens (tertiary/aromatic N) is 3. The van der Waals surface area contributed by atoms with Crippen molar-refractivity contribution in [3.8, 4) is 0 Å². The predicted molar refractivity (Wildman–Crippen MR) is 97.6 cm³/mol. The quantitative estimate of drug-likeness (QED) is 0.763. The first-order valence-corrected chi connectivity index (χ1v) is 10.1. The Morgan fingerprint density at radius 1 is 1.40 bits per heavy atom. The van der Waals surface area contributed by atoms with Gasteiger partial charge in [0, 0.05) is 19.7 Å². The minimum absolute atomic E-state index is 0.0175. The summed E-state index contributed by atoms with van der Waals surface area (Å²) in [5, 5.41) is 8.60. The van der Waals surface area contributed by atoms with Crippen LogP contribution >= 0.6 is 11.3 Å². The molecule has 2 aromatic heterocycles. The molecule has 0 bridgehead atoms. The van der Waals surface area contributed by atoms with Crippen LogP contribution in [0.15, 0.2) is 23.0 Å².